The van der Waals surface area contributed by atoms with Crippen LogP contribution in [0.25, 0.3) is 0 Å². The van der Waals surface area contributed by atoms with E-state index >= 15 is 0 Å². The predicted molar refractivity (Wildman–Crippen MR) is 119 cm³/mol. The fourth-order valence-electron chi connectivity index (χ4n) is 2.91. The molecule has 6 atom stereocenters. The summed E-state index contributed by atoms with van der Waals surface area (Å²) in [5, 5.41) is 26.2. The van der Waals surface area contributed by atoms with Crippen LogP contribution in [0.1, 0.15) is 52.9 Å². The third-order valence-corrected chi connectivity index (χ3v) is 5.18. The number of carbonyl (C=O) groups is 5. The summed E-state index contributed by atoms with van der Waals surface area (Å²) in [6.07, 6.45) is 0.0176. The number of nitrogens with two attached hydrogens (primary N) is 3. The number of aliphatic hydroxyl groups is 1. The average Bonchev–Trinajstić information content (AvgIpc) is 2.73. The van der Waals surface area contributed by atoms with Crippen LogP contribution in [0.5, 0.6) is 0 Å². The van der Waals surface area contributed by atoms with Crippen molar-refractivity contribution in [2.45, 2.75) is 83.1 Å². The van der Waals surface area contributed by atoms with Gasteiger partial charge in [-0.25, -0.2) is 4.79 Å². The van der Waals surface area contributed by atoms with Crippen LogP contribution >= 0.6 is 0 Å². The van der Waals surface area contributed by atoms with Crippen LogP contribution in [0.2, 0.25) is 0 Å². The summed E-state index contributed by atoms with van der Waals surface area (Å²) in [5.74, 6) is -5.18. The normalized spacial score (nSPS) is 16.4. The van der Waals surface area contributed by atoms with Crippen molar-refractivity contribution in [1.29, 1.82) is 0 Å². The summed E-state index contributed by atoms with van der Waals surface area (Å²) >= 11 is 0. The summed E-state index contributed by atoms with van der Waals surface area (Å²) in [4.78, 5) is 60.6. The first-order valence-electron chi connectivity index (χ1n) is 10.9. The maximum atomic E-state index is 12.7. The van der Waals surface area contributed by atoms with E-state index in [0.717, 1.165) is 0 Å². The molecule has 13 nitrogen and oxygen atoms in total. The lowest BCUT2D eigenvalue weighted by Crippen LogP contribution is -2.60. The molecule has 0 spiro atoms. The Balaban J connectivity index is 5.40. The first-order chi connectivity index (χ1) is 15.3. The second kappa shape index (κ2) is 15.1. The molecule has 0 aromatic carbocycles. The third kappa shape index (κ3) is 11.1. The molecule has 190 valence electrons. The molecule has 0 saturated carbocycles. The van der Waals surface area contributed by atoms with Gasteiger partial charge >= 0.3 is 5.97 Å². The van der Waals surface area contributed by atoms with Crippen molar-refractivity contribution in [3.05, 3.63) is 0 Å². The molecule has 4 amide bonds. The van der Waals surface area contributed by atoms with Crippen LogP contribution < -0.4 is 33.2 Å². The first-order valence-corrected chi connectivity index (χ1v) is 10.9. The number of carboxylic acids is 1. The van der Waals surface area contributed by atoms with E-state index in [2.05, 4.69) is 16.0 Å². The third-order valence-electron chi connectivity index (χ3n) is 5.18. The Kier molecular flexibility index (Phi) is 13.9. The summed E-state index contributed by atoms with van der Waals surface area (Å²) < 4.78 is 0. The maximum absolute atomic E-state index is 12.7. The summed E-state index contributed by atoms with van der Waals surface area (Å²) in [6.45, 7) is 5.03. The Hall–Kier alpha value is -2.77. The second-order valence-corrected chi connectivity index (χ2v) is 8.06. The standard InChI is InChI=1S/C20H38N6O7/c1-4-10(2)15(20(32)33)25-19(31)16(11(3)27)26-18(30)13(9-14(23)28)24-17(29)12(22)7-5-6-8-21/h10-13,15-16,27H,4-9,21-22H2,1-3H3,(H2,23,28)(H,24,29)(H,25,31)(H,26,30)(H,32,33). The number of carboxylic acid groups (broad SMARTS) is 1. The smallest absolute Gasteiger partial charge is 0.326 e. The van der Waals surface area contributed by atoms with E-state index in [4.69, 9.17) is 17.2 Å². The number of hydrogen-bond acceptors (Lipinski definition) is 8. The average molecular weight is 475 g/mol. The van der Waals surface area contributed by atoms with E-state index in [1.165, 1.54) is 6.92 Å². The Morgan fingerprint density at radius 2 is 1.48 bits per heavy atom. The van der Waals surface area contributed by atoms with Gasteiger partial charge in [-0.1, -0.05) is 26.7 Å². The summed E-state index contributed by atoms with van der Waals surface area (Å²) in [5.41, 5.74) is 16.4. The lowest BCUT2D eigenvalue weighted by atomic mass is 9.98. The highest BCUT2D eigenvalue weighted by Gasteiger charge is 2.34. The van der Waals surface area contributed by atoms with Gasteiger partial charge in [0.15, 0.2) is 0 Å². The largest absolute Gasteiger partial charge is 0.480 e. The molecule has 0 radical (unpaired) electrons. The van der Waals surface area contributed by atoms with Gasteiger partial charge < -0.3 is 43.4 Å². The number of aliphatic carboxylic acids is 1. The lowest BCUT2D eigenvalue weighted by molar-refractivity contribution is -0.144. The number of nitrogens with one attached hydrogen (secondary N) is 3. The van der Waals surface area contributed by atoms with Crippen molar-refractivity contribution >= 4 is 29.6 Å². The highest BCUT2D eigenvalue weighted by Crippen LogP contribution is 2.09. The SMILES string of the molecule is CCC(C)C(NC(=O)C(NC(=O)C(CC(N)=O)NC(=O)C(N)CCCCN)C(C)O)C(=O)O. The Morgan fingerprint density at radius 1 is 0.909 bits per heavy atom. The Bertz CT molecular complexity index is 688. The van der Waals surface area contributed by atoms with Gasteiger partial charge in [0.2, 0.25) is 23.6 Å². The molecular formula is C20H38N6O7. The molecular weight excluding hydrogens is 436 g/mol. The highest BCUT2D eigenvalue weighted by molar-refractivity contribution is 5.96. The van der Waals surface area contributed by atoms with E-state index in [1.807, 2.05) is 0 Å². The van der Waals surface area contributed by atoms with E-state index in [0.29, 0.717) is 32.2 Å². The fourth-order valence-corrected chi connectivity index (χ4v) is 2.91. The molecule has 6 unspecified atom stereocenters. The van der Waals surface area contributed by atoms with Gasteiger partial charge in [-0.15, -0.1) is 0 Å². The zero-order valence-electron chi connectivity index (χ0n) is 19.4. The zero-order valence-corrected chi connectivity index (χ0v) is 19.4. The van der Waals surface area contributed by atoms with Crippen molar-refractivity contribution in [2.75, 3.05) is 6.54 Å². The van der Waals surface area contributed by atoms with Gasteiger partial charge in [0.1, 0.15) is 18.1 Å². The summed E-state index contributed by atoms with van der Waals surface area (Å²) in [7, 11) is 0. The van der Waals surface area contributed by atoms with Crippen molar-refractivity contribution in [3.63, 3.8) is 0 Å². The van der Waals surface area contributed by atoms with Crippen molar-refractivity contribution in [2.24, 2.45) is 23.1 Å². The lowest BCUT2D eigenvalue weighted by Gasteiger charge is -2.27. The molecule has 0 bridgehead atoms. The highest BCUT2D eigenvalue weighted by atomic mass is 16.4. The van der Waals surface area contributed by atoms with Crippen LogP contribution in [-0.4, -0.2) is 76.6 Å². The number of primary amides is 1. The zero-order chi connectivity index (χ0) is 25.7. The van der Waals surface area contributed by atoms with Crippen LogP contribution in [-0.2, 0) is 24.0 Å². The van der Waals surface area contributed by atoms with Crippen molar-refractivity contribution in [3.8, 4) is 0 Å². The molecule has 11 N–H and O–H groups in total. The van der Waals surface area contributed by atoms with E-state index < -0.39 is 72.2 Å². The van der Waals surface area contributed by atoms with Crippen molar-refractivity contribution in [1.82, 2.24) is 16.0 Å². The summed E-state index contributed by atoms with van der Waals surface area (Å²) in [6, 6.07) is -5.20. The van der Waals surface area contributed by atoms with Crippen LogP contribution in [0, 0.1) is 5.92 Å². The topological polar surface area (TPSA) is 240 Å². The minimum absolute atomic E-state index is 0.304. The molecule has 0 aliphatic carbocycles. The molecule has 0 rings (SSSR count). The predicted octanol–water partition coefficient (Wildman–Crippen LogP) is -2.72. The van der Waals surface area contributed by atoms with Gasteiger partial charge in [0.25, 0.3) is 0 Å². The molecule has 0 aliphatic heterocycles. The van der Waals surface area contributed by atoms with Crippen LogP contribution in [0.15, 0.2) is 0 Å². The van der Waals surface area contributed by atoms with Crippen molar-refractivity contribution < 1.29 is 34.2 Å². The molecule has 0 saturated heterocycles. The van der Waals surface area contributed by atoms with Gasteiger partial charge in [-0.3, -0.25) is 19.2 Å². The van der Waals surface area contributed by atoms with Gasteiger partial charge in [0, 0.05) is 0 Å². The molecule has 0 heterocycles. The monoisotopic (exact) mass is 474 g/mol. The van der Waals surface area contributed by atoms with Crippen LogP contribution in [0.4, 0.5) is 0 Å². The first kappa shape index (κ1) is 30.2. The molecule has 13 heteroatoms. The number of amides is 4. The fraction of sp³-hybridized carbons (Fsp3) is 0.750. The number of aliphatic hydroxyl groups excluding tert-OH is 1. The number of unbranched alkanes of at least 4 members (excludes halogenated alkanes) is 1. The molecule has 0 fully saturated rings. The quantitative estimate of drug-likeness (QED) is 0.108. The molecule has 0 aromatic heterocycles. The number of carbonyl (C=O) groups excluding carboxylic acids is 4. The van der Waals surface area contributed by atoms with Gasteiger partial charge in [-0.2, -0.15) is 0 Å². The number of hydrogen-bond donors (Lipinski definition) is 8. The van der Waals surface area contributed by atoms with Crippen LogP contribution in [0.3, 0.4) is 0 Å². The van der Waals surface area contributed by atoms with E-state index in [-0.39, 0.29) is 0 Å². The minimum Gasteiger partial charge on any atom is -0.480 e. The van der Waals surface area contributed by atoms with E-state index in [9.17, 15) is 34.2 Å². The molecule has 0 aromatic rings. The Morgan fingerprint density at radius 3 is 1.94 bits per heavy atom. The number of rotatable bonds is 16. The molecule has 0 aliphatic rings. The minimum atomic E-state index is -1.55. The Labute approximate surface area is 193 Å². The second-order valence-electron chi connectivity index (χ2n) is 8.06. The van der Waals surface area contributed by atoms with Gasteiger partial charge in [0.05, 0.1) is 18.6 Å². The molecule has 33 heavy (non-hydrogen) atoms. The van der Waals surface area contributed by atoms with E-state index in [1.54, 1.807) is 13.8 Å². The maximum Gasteiger partial charge on any atom is 0.326 e. The van der Waals surface area contributed by atoms with Gasteiger partial charge in [-0.05, 0) is 32.2 Å².